The summed E-state index contributed by atoms with van der Waals surface area (Å²) in [4.78, 5) is 16.3. The number of hydrogen-bond donors (Lipinski definition) is 2. The molecule has 1 aliphatic heterocycles. The average molecular weight is 276 g/mol. The van der Waals surface area contributed by atoms with Gasteiger partial charge in [-0.25, -0.2) is 4.79 Å². The van der Waals surface area contributed by atoms with Crippen LogP contribution in [0.3, 0.4) is 0 Å². The van der Waals surface area contributed by atoms with Gasteiger partial charge in [0.1, 0.15) is 0 Å². The first-order valence-electron chi connectivity index (χ1n) is 7.15. The second-order valence-corrected chi connectivity index (χ2v) is 5.59. The van der Waals surface area contributed by atoms with Crippen molar-refractivity contribution < 1.29 is 4.79 Å². The van der Waals surface area contributed by atoms with Gasteiger partial charge in [0.2, 0.25) is 0 Å². The van der Waals surface area contributed by atoms with Gasteiger partial charge in [0, 0.05) is 43.6 Å². The molecule has 2 rings (SSSR count). The third-order valence-corrected chi connectivity index (χ3v) is 3.41. The Balaban J connectivity index is 1.91. The lowest BCUT2D eigenvalue weighted by molar-refractivity contribution is 0.250. The standard InChI is InChI=1S/C15H24N4O/c1-12(2)16-15(20)17-13-4-6-14(7-5-13)19-10-8-18(3)9-11-19/h4-7,12H,8-11H2,1-3H3,(H2,16,17,20). The van der Waals surface area contributed by atoms with Gasteiger partial charge in [-0.15, -0.1) is 0 Å². The molecule has 0 unspecified atom stereocenters. The summed E-state index contributed by atoms with van der Waals surface area (Å²) in [5.41, 5.74) is 2.04. The monoisotopic (exact) mass is 276 g/mol. The maximum absolute atomic E-state index is 11.6. The summed E-state index contributed by atoms with van der Waals surface area (Å²) in [5, 5.41) is 5.64. The van der Waals surface area contributed by atoms with E-state index >= 15 is 0 Å². The Labute approximate surface area is 120 Å². The van der Waals surface area contributed by atoms with E-state index in [1.807, 2.05) is 26.0 Å². The molecule has 0 bridgehead atoms. The number of piperazine rings is 1. The number of benzene rings is 1. The van der Waals surface area contributed by atoms with Crippen molar-refractivity contribution in [3.05, 3.63) is 24.3 Å². The fraction of sp³-hybridized carbons (Fsp3) is 0.533. The largest absolute Gasteiger partial charge is 0.369 e. The molecular weight excluding hydrogens is 252 g/mol. The third kappa shape index (κ3) is 4.13. The van der Waals surface area contributed by atoms with E-state index in [1.54, 1.807) is 0 Å². The number of amides is 2. The summed E-state index contributed by atoms with van der Waals surface area (Å²) in [6.07, 6.45) is 0. The number of hydrogen-bond acceptors (Lipinski definition) is 3. The van der Waals surface area contributed by atoms with Crippen LogP contribution in [0.4, 0.5) is 16.2 Å². The van der Waals surface area contributed by atoms with E-state index < -0.39 is 0 Å². The first-order valence-corrected chi connectivity index (χ1v) is 7.15. The van der Waals surface area contributed by atoms with E-state index in [-0.39, 0.29) is 12.1 Å². The van der Waals surface area contributed by atoms with Crippen molar-refractivity contribution in [1.29, 1.82) is 0 Å². The molecule has 1 heterocycles. The summed E-state index contributed by atoms with van der Waals surface area (Å²) in [7, 11) is 2.15. The Hall–Kier alpha value is -1.75. The topological polar surface area (TPSA) is 47.6 Å². The van der Waals surface area contributed by atoms with Gasteiger partial charge in [-0.1, -0.05) is 0 Å². The molecule has 110 valence electrons. The highest BCUT2D eigenvalue weighted by atomic mass is 16.2. The van der Waals surface area contributed by atoms with Gasteiger partial charge in [-0.2, -0.15) is 0 Å². The van der Waals surface area contributed by atoms with Gasteiger partial charge in [-0.3, -0.25) is 0 Å². The van der Waals surface area contributed by atoms with Crippen molar-refractivity contribution in [1.82, 2.24) is 10.2 Å². The molecule has 2 N–H and O–H groups in total. The molecule has 1 aliphatic rings. The molecule has 1 fully saturated rings. The van der Waals surface area contributed by atoms with E-state index in [9.17, 15) is 4.79 Å². The zero-order chi connectivity index (χ0) is 14.5. The zero-order valence-corrected chi connectivity index (χ0v) is 12.5. The lowest BCUT2D eigenvalue weighted by Gasteiger charge is -2.34. The number of likely N-dealkylation sites (N-methyl/N-ethyl adjacent to an activating group) is 1. The molecule has 0 aromatic heterocycles. The van der Waals surface area contributed by atoms with E-state index in [0.29, 0.717) is 0 Å². The van der Waals surface area contributed by atoms with Crippen LogP contribution < -0.4 is 15.5 Å². The van der Waals surface area contributed by atoms with Crippen LogP contribution in [0.25, 0.3) is 0 Å². The second kappa shape index (κ2) is 6.61. The van der Waals surface area contributed by atoms with Gasteiger partial charge < -0.3 is 20.4 Å². The maximum Gasteiger partial charge on any atom is 0.319 e. The van der Waals surface area contributed by atoms with Crippen molar-refractivity contribution in [2.45, 2.75) is 19.9 Å². The van der Waals surface area contributed by atoms with Crippen LogP contribution in [0, 0.1) is 0 Å². The molecule has 1 aromatic carbocycles. The Morgan fingerprint density at radius 2 is 1.70 bits per heavy atom. The molecule has 2 amide bonds. The Morgan fingerprint density at radius 1 is 1.10 bits per heavy atom. The molecule has 1 saturated heterocycles. The highest BCUT2D eigenvalue weighted by molar-refractivity contribution is 5.89. The van der Waals surface area contributed by atoms with Crippen LogP contribution in [0.5, 0.6) is 0 Å². The molecule has 0 radical (unpaired) electrons. The lowest BCUT2D eigenvalue weighted by Crippen LogP contribution is -2.44. The van der Waals surface area contributed by atoms with E-state index in [0.717, 1.165) is 31.9 Å². The predicted molar refractivity (Wildman–Crippen MR) is 83.4 cm³/mol. The minimum absolute atomic E-state index is 0.139. The summed E-state index contributed by atoms with van der Waals surface area (Å²) in [6, 6.07) is 8.01. The van der Waals surface area contributed by atoms with Crippen molar-refractivity contribution in [3.63, 3.8) is 0 Å². The first-order chi connectivity index (χ1) is 9.54. The molecule has 0 atom stereocenters. The van der Waals surface area contributed by atoms with E-state index in [1.165, 1.54) is 5.69 Å². The van der Waals surface area contributed by atoms with E-state index in [4.69, 9.17) is 0 Å². The van der Waals surface area contributed by atoms with Gasteiger partial charge in [0.05, 0.1) is 0 Å². The van der Waals surface area contributed by atoms with Crippen LogP contribution in [-0.4, -0.2) is 50.2 Å². The molecule has 20 heavy (non-hydrogen) atoms. The van der Waals surface area contributed by atoms with Crippen LogP contribution in [0.15, 0.2) is 24.3 Å². The average Bonchev–Trinajstić information content (AvgIpc) is 2.39. The normalized spacial score (nSPS) is 16.3. The number of carbonyl (C=O) groups excluding carboxylic acids is 1. The first kappa shape index (κ1) is 14.7. The highest BCUT2D eigenvalue weighted by Crippen LogP contribution is 2.19. The highest BCUT2D eigenvalue weighted by Gasteiger charge is 2.14. The number of nitrogens with zero attached hydrogens (tertiary/aromatic N) is 2. The van der Waals surface area contributed by atoms with Gasteiger partial charge in [0.25, 0.3) is 0 Å². The summed E-state index contributed by atoms with van der Waals surface area (Å²) in [6.45, 7) is 8.17. The number of nitrogens with one attached hydrogen (secondary N) is 2. The van der Waals surface area contributed by atoms with Crippen molar-refractivity contribution in [2.75, 3.05) is 43.4 Å². The van der Waals surface area contributed by atoms with Crippen molar-refractivity contribution in [3.8, 4) is 0 Å². The fourth-order valence-corrected chi connectivity index (χ4v) is 2.25. The zero-order valence-electron chi connectivity index (χ0n) is 12.5. The van der Waals surface area contributed by atoms with Crippen LogP contribution in [0.2, 0.25) is 0 Å². The lowest BCUT2D eigenvalue weighted by atomic mass is 10.2. The van der Waals surface area contributed by atoms with Crippen molar-refractivity contribution in [2.24, 2.45) is 0 Å². The van der Waals surface area contributed by atoms with Crippen LogP contribution >= 0.6 is 0 Å². The minimum Gasteiger partial charge on any atom is -0.369 e. The number of carbonyl (C=O) groups is 1. The SMILES string of the molecule is CC(C)NC(=O)Nc1ccc(N2CCN(C)CC2)cc1. The molecule has 0 aliphatic carbocycles. The van der Waals surface area contributed by atoms with Gasteiger partial charge in [0.15, 0.2) is 0 Å². The van der Waals surface area contributed by atoms with Gasteiger partial charge >= 0.3 is 6.03 Å². The number of rotatable bonds is 3. The molecule has 5 heteroatoms. The summed E-state index contributed by atoms with van der Waals surface area (Å²) < 4.78 is 0. The second-order valence-electron chi connectivity index (χ2n) is 5.59. The molecule has 0 spiro atoms. The van der Waals surface area contributed by atoms with E-state index in [2.05, 4.69) is 39.6 Å². The fourth-order valence-electron chi connectivity index (χ4n) is 2.25. The van der Waals surface area contributed by atoms with Gasteiger partial charge in [-0.05, 0) is 45.2 Å². The predicted octanol–water partition coefficient (Wildman–Crippen LogP) is 1.97. The van der Waals surface area contributed by atoms with Crippen LogP contribution in [-0.2, 0) is 0 Å². The minimum atomic E-state index is -0.160. The maximum atomic E-state index is 11.6. The Morgan fingerprint density at radius 3 is 2.25 bits per heavy atom. The van der Waals surface area contributed by atoms with Crippen molar-refractivity contribution >= 4 is 17.4 Å². The Kier molecular flexibility index (Phi) is 4.84. The molecule has 0 saturated carbocycles. The summed E-state index contributed by atoms with van der Waals surface area (Å²) in [5.74, 6) is 0. The number of anilines is 2. The smallest absolute Gasteiger partial charge is 0.319 e. The quantitative estimate of drug-likeness (QED) is 0.887. The Bertz CT molecular complexity index is 436. The molecule has 5 nitrogen and oxygen atoms in total. The third-order valence-electron chi connectivity index (χ3n) is 3.41. The number of urea groups is 1. The molecular formula is C15H24N4O. The molecule has 1 aromatic rings. The van der Waals surface area contributed by atoms with Crippen LogP contribution in [0.1, 0.15) is 13.8 Å². The summed E-state index contributed by atoms with van der Waals surface area (Å²) >= 11 is 0.